The van der Waals surface area contributed by atoms with Gasteiger partial charge in [-0.2, -0.15) is 5.10 Å². The first-order valence-corrected chi connectivity index (χ1v) is 10.2. The predicted octanol–water partition coefficient (Wildman–Crippen LogP) is 3.75. The fourth-order valence-corrected chi connectivity index (χ4v) is 3.97. The average Bonchev–Trinajstić information content (AvgIpc) is 3.60. The van der Waals surface area contributed by atoms with Crippen molar-refractivity contribution in [1.29, 1.82) is 0 Å². The quantitative estimate of drug-likeness (QED) is 0.431. The first-order valence-electron chi connectivity index (χ1n) is 10.2. The van der Waals surface area contributed by atoms with Gasteiger partial charge in [-0.15, -0.1) is 0 Å². The number of hydrogen-bond donors (Lipinski definition) is 2. The van der Waals surface area contributed by atoms with E-state index in [-0.39, 0.29) is 6.79 Å². The Morgan fingerprint density at radius 3 is 2.76 bits per heavy atom. The molecule has 0 saturated heterocycles. The van der Waals surface area contributed by atoms with Crippen LogP contribution in [0.4, 0.5) is 0 Å². The van der Waals surface area contributed by atoms with Crippen molar-refractivity contribution >= 4 is 22.2 Å². The van der Waals surface area contributed by atoms with E-state index >= 15 is 0 Å². The molecule has 0 fully saturated rings. The highest BCUT2D eigenvalue weighted by Gasteiger charge is 2.19. The van der Waals surface area contributed by atoms with E-state index in [1.165, 1.54) is 0 Å². The Morgan fingerprint density at radius 1 is 0.848 bits per heavy atom. The number of fused-ring (bicyclic) bond motifs is 3. The van der Waals surface area contributed by atoms with Gasteiger partial charge in [0.05, 0.1) is 22.9 Å². The van der Waals surface area contributed by atoms with Gasteiger partial charge in [0, 0.05) is 24.2 Å². The fourth-order valence-electron chi connectivity index (χ4n) is 3.97. The van der Waals surface area contributed by atoms with E-state index in [2.05, 4.69) is 30.1 Å². The monoisotopic (exact) mass is 434 g/mol. The first kappa shape index (κ1) is 17.8. The van der Waals surface area contributed by atoms with Crippen LogP contribution in [0, 0.1) is 0 Å². The summed E-state index contributed by atoms with van der Waals surface area (Å²) in [6.45, 7) is 0.231. The van der Waals surface area contributed by atoms with Crippen LogP contribution in [0.5, 0.6) is 11.5 Å². The maximum absolute atomic E-state index is 5.54. The van der Waals surface area contributed by atoms with Crippen molar-refractivity contribution in [2.45, 2.75) is 0 Å². The number of nitrogens with one attached hydrogen (secondary N) is 2. The van der Waals surface area contributed by atoms with Crippen LogP contribution in [0.3, 0.4) is 0 Å². The van der Waals surface area contributed by atoms with E-state index in [1.807, 2.05) is 36.4 Å². The molecule has 10 heteroatoms. The molecule has 10 nitrogen and oxygen atoms in total. The van der Waals surface area contributed by atoms with Gasteiger partial charge < -0.3 is 14.5 Å². The minimum Gasteiger partial charge on any atom is -0.454 e. The number of imidazole rings is 1. The first-order chi connectivity index (χ1) is 16.3. The SMILES string of the molecule is c1cnc(-c2ccc3[nH]nc(-c4nc5nccc(-c6ccc7c(c6)OCO7)c5[nH]4)c3n2)cn1. The Balaban J connectivity index is 1.37. The maximum atomic E-state index is 5.54. The van der Waals surface area contributed by atoms with Crippen LogP contribution in [-0.4, -0.2) is 46.9 Å². The Bertz CT molecular complexity index is 1660. The van der Waals surface area contributed by atoms with Crippen LogP contribution in [0.15, 0.2) is 61.2 Å². The summed E-state index contributed by atoms with van der Waals surface area (Å²) in [6.07, 6.45) is 6.68. The van der Waals surface area contributed by atoms with E-state index in [0.717, 1.165) is 33.7 Å². The number of benzene rings is 1. The zero-order chi connectivity index (χ0) is 21.8. The predicted molar refractivity (Wildman–Crippen MR) is 119 cm³/mol. The van der Waals surface area contributed by atoms with Crippen molar-refractivity contribution in [2.75, 3.05) is 6.79 Å². The molecule has 7 rings (SSSR count). The molecule has 33 heavy (non-hydrogen) atoms. The third-order valence-electron chi connectivity index (χ3n) is 5.53. The number of rotatable bonds is 3. The Morgan fingerprint density at radius 2 is 1.82 bits per heavy atom. The maximum Gasteiger partial charge on any atom is 0.231 e. The molecule has 0 amide bonds. The molecule has 0 radical (unpaired) electrons. The normalized spacial score (nSPS) is 12.6. The van der Waals surface area contributed by atoms with Crippen LogP contribution >= 0.6 is 0 Å². The number of H-pyrrole nitrogens is 2. The van der Waals surface area contributed by atoms with Crippen molar-refractivity contribution < 1.29 is 9.47 Å². The smallest absolute Gasteiger partial charge is 0.231 e. The lowest BCUT2D eigenvalue weighted by Gasteiger charge is -2.04. The lowest BCUT2D eigenvalue weighted by Crippen LogP contribution is -1.92. The average molecular weight is 434 g/mol. The van der Waals surface area contributed by atoms with E-state index < -0.39 is 0 Å². The summed E-state index contributed by atoms with van der Waals surface area (Å²) in [5, 5.41) is 7.49. The molecule has 0 aliphatic carbocycles. The minimum absolute atomic E-state index is 0.231. The molecule has 6 aromatic rings. The Kier molecular flexibility index (Phi) is 3.68. The van der Waals surface area contributed by atoms with Gasteiger partial charge in [0.15, 0.2) is 28.7 Å². The number of ether oxygens (including phenoxy) is 2. The zero-order valence-corrected chi connectivity index (χ0v) is 17.0. The van der Waals surface area contributed by atoms with E-state index in [4.69, 9.17) is 19.4 Å². The van der Waals surface area contributed by atoms with E-state index in [9.17, 15) is 0 Å². The van der Waals surface area contributed by atoms with Crippen LogP contribution in [0.2, 0.25) is 0 Å². The van der Waals surface area contributed by atoms with Gasteiger partial charge in [-0.25, -0.2) is 15.0 Å². The van der Waals surface area contributed by atoms with Gasteiger partial charge in [0.1, 0.15) is 11.2 Å². The second-order valence-electron chi connectivity index (χ2n) is 7.47. The third kappa shape index (κ3) is 2.81. The van der Waals surface area contributed by atoms with Crippen LogP contribution < -0.4 is 9.47 Å². The molecule has 0 atom stereocenters. The molecule has 2 N–H and O–H groups in total. The molecule has 5 aromatic heterocycles. The van der Waals surface area contributed by atoms with Gasteiger partial charge in [0.25, 0.3) is 0 Å². The number of pyridine rings is 2. The molecule has 1 aromatic carbocycles. The molecule has 0 saturated carbocycles. The largest absolute Gasteiger partial charge is 0.454 e. The van der Waals surface area contributed by atoms with Crippen LogP contribution in [0.25, 0.3) is 56.2 Å². The van der Waals surface area contributed by atoms with Crippen LogP contribution in [0.1, 0.15) is 0 Å². The highest BCUT2D eigenvalue weighted by Crippen LogP contribution is 2.38. The summed E-state index contributed by atoms with van der Waals surface area (Å²) >= 11 is 0. The summed E-state index contributed by atoms with van der Waals surface area (Å²) in [7, 11) is 0. The second kappa shape index (κ2) is 6.82. The zero-order valence-electron chi connectivity index (χ0n) is 17.0. The lowest BCUT2D eigenvalue weighted by molar-refractivity contribution is 0.174. The van der Waals surface area contributed by atoms with Crippen molar-refractivity contribution in [3.05, 3.63) is 61.2 Å². The molecule has 0 unspecified atom stereocenters. The summed E-state index contributed by atoms with van der Waals surface area (Å²) in [4.78, 5) is 25.8. The number of nitrogens with zero attached hydrogens (tertiary/aromatic N) is 6. The molecule has 0 spiro atoms. The lowest BCUT2D eigenvalue weighted by atomic mass is 10.1. The standard InChI is InChI=1S/C23H14N8O2/c1-4-17-18(33-11-32-17)9-12(1)13-5-6-26-22-19(13)28-23(29-22)21-20-15(30-31-21)3-2-14(27-20)16-10-24-7-8-25-16/h1-10H,11H2,(H,30,31)(H,26,28,29). The van der Waals surface area contributed by atoms with E-state index in [1.54, 1.807) is 24.8 Å². The van der Waals surface area contributed by atoms with Gasteiger partial charge in [-0.1, -0.05) is 6.07 Å². The Hall–Kier alpha value is -4.86. The second-order valence-corrected chi connectivity index (χ2v) is 7.47. The van der Waals surface area contributed by atoms with Gasteiger partial charge >= 0.3 is 0 Å². The summed E-state index contributed by atoms with van der Waals surface area (Å²) in [5.41, 5.74) is 6.77. The van der Waals surface area contributed by atoms with Crippen molar-refractivity contribution in [3.8, 4) is 45.5 Å². The molecule has 6 heterocycles. The molecule has 0 bridgehead atoms. The van der Waals surface area contributed by atoms with E-state index in [0.29, 0.717) is 34.1 Å². The summed E-state index contributed by atoms with van der Waals surface area (Å²) < 4.78 is 11.0. The van der Waals surface area contributed by atoms with Crippen molar-refractivity contribution in [3.63, 3.8) is 0 Å². The van der Waals surface area contributed by atoms with Crippen molar-refractivity contribution in [2.24, 2.45) is 0 Å². The fraction of sp³-hybridized carbons (Fsp3) is 0.0435. The van der Waals surface area contributed by atoms with Crippen molar-refractivity contribution in [1.82, 2.24) is 40.1 Å². The van der Waals surface area contributed by atoms with Gasteiger partial charge in [-0.05, 0) is 35.9 Å². The third-order valence-corrected chi connectivity index (χ3v) is 5.53. The summed E-state index contributed by atoms with van der Waals surface area (Å²) in [6, 6.07) is 11.6. The minimum atomic E-state index is 0.231. The highest BCUT2D eigenvalue weighted by atomic mass is 16.7. The molecule has 1 aliphatic heterocycles. The summed E-state index contributed by atoms with van der Waals surface area (Å²) in [5.74, 6) is 2.03. The number of aromatic amines is 2. The molecule has 158 valence electrons. The molecule has 1 aliphatic rings. The van der Waals surface area contributed by atoms with Gasteiger partial charge in [0.2, 0.25) is 6.79 Å². The Labute approximate surface area is 185 Å². The number of aromatic nitrogens is 8. The van der Waals surface area contributed by atoms with Gasteiger partial charge in [-0.3, -0.25) is 15.1 Å². The topological polar surface area (TPSA) is 127 Å². The molecular formula is C23H14N8O2. The number of hydrogen-bond acceptors (Lipinski definition) is 8. The highest BCUT2D eigenvalue weighted by molar-refractivity contribution is 5.95. The molecular weight excluding hydrogens is 420 g/mol. The van der Waals surface area contributed by atoms with Crippen LogP contribution in [-0.2, 0) is 0 Å².